The Hall–Kier alpha value is -1.50. The normalized spacial score (nSPS) is 26.6. The number of nitrogens with one attached hydrogen (secondary N) is 2. The van der Waals surface area contributed by atoms with Gasteiger partial charge in [-0.3, -0.25) is 14.9 Å². The van der Waals surface area contributed by atoms with Crippen LogP contribution in [0.5, 0.6) is 0 Å². The molecule has 0 aromatic heterocycles. The standard InChI is InChI=1S/C18H20N2O2S2/c1-11-14-16(22)19-18(20-17(14)24-15(11)12(2)21)23-10-6-9-13-7-4-3-5-8-13/h3-9,14,17-18,20H,10H2,1-2H3,(H,19,22)/b9-6+. The molecule has 1 aromatic carbocycles. The Morgan fingerprint density at radius 2 is 2.08 bits per heavy atom. The maximum atomic E-state index is 12.4. The van der Waals surface area contributed by atoms with E-state index in [1.165, 1.54) is 11.8 Å². The smallest absolute Gasteiger partial charge is 0.231 e. The third-order valence-corrected chi connectivity index (χ3v) is 6.51. The van der Waals surface area contributed by atoms with Crippen molar-refractivity contribution in [2.75, 3.05) is 5.75 Å². The van der Waals surface area contributed by atoms with E-state index < -0.39 is 0 Å². The van der Waals surface area contributed by atoms with Crippen LogP contribution in [0.3, 0.4) is 0 Å². The predicted molar refractivity (Wildman–Crippen MR) is 101 cm³/mol. The van der Waals surface area contributed by atoms with Gasteiger partial charge in [0.05, 0.1) is 16.2 Å². The highest BCUT2D eigenvalue weighted by molar-refractivity contribution is 8.05. The van der Waals surface area contributed by atoms with E-state index in [0.717, 1.165) is 21.8 Å². The van der Waals surface area contributed by atoms with E-state index in [4.69, 9.17) is 0 Å². The SMILES string of the molecule is CC(=O)C1=C(C)C2C(=O)NC(SC/C=C/c3ccccc3)NC2S1. The molecule has 2 heterocycles. The second-order valence-electron chi connectivity index (χ2n) is 5.79. The van der Waals surface area contributed by atoms with Crippen LogP contribution in [-0.4, -0.2) is 28.3 Å². The summed E-state index contributed by atoms with van der Waals surface area (Å²) in [6, 6.07) is 10.1. The van der Waals surface area contributed by atoms with Crippen LogP contribution in [0.25, 0.3) is 6.08 Å². The van der Waals surface area contributed by atoms with Crippen molar-refractivity contribution in [3.8, 4) is 0 Å². The average Bonchev–Trinajstić information content (AvgIpc) is 2.90. The predicted octanol–water partition coefficient (Wildman–Crippen LogP) is 2.99. The number of Topliss-reactive ketones (excluding diaryl/α,β-unsaturated/α-hetero) is 1. The highest BCUT2D eigenvalue weighted by Crippen LogP contribution is 2.43. The number of thioether (sulfide) groups is 2. The van der Waals surface area contributed by atoms with Gasteiger partial charge in [-0.15, -0.1) is 23.5 Å². The molecule has 4 nitrogen and oxygen atoms in total. The van der Waals surface area contributed by atoms with Gasteiger partial charge in [0.2, 0.25) is 5.91 Å². The van der Waals surface area contributed by atoms with E-state index in [9.17, 15) is 9.59 Å². The summed E-state index contributed by atoms with van der Waals surface area (Å²) in [5, 5.41) is 6.37. The Morgan fingerprint density at radius 1 is 1.33 bits per heavy atom. The quantitative estimate of drug-likeness (QED) is 0.845. The molecular formula is C18H20N2O2S2. The third-order valence-electron chi connectivity index (χ3n) is 4.03. The maximum absolute atomic E-state index is 12.4. The van der Waals surface area contributed by atoms with Gasteiger partial charge in [-0.2, -0.15) is 0 Å². The Labute approximate surface area is 150 Å². The van der Waals surface area contributed by atoms with E-state index >= 15 is 0 Å². The summed E-state index contributed by atoms with van der Waals surface area (Å²) >= 11 is 3.11. The number of rotatable bonds is 5. The minimum absolute atomic E-state index is 0.00420. The minimum Gasteiger partial charge on any atom is -0.331 e. The molecule has 3 atom stereocenters. The van der Waals surface area contributed by atoms with Gasteiger partial charge >= 0.3 is 0 Å². The first-order valence-electron chi connectivity index (χ1n) is 7.84. The van der Waals surface area contributed by atoms with E-state index in [-0.39, 0.29) is 28.5 Å². The van der Waals surface area contributed by atoms with Crippen LogP contribution in [0.2, 0.25) is 0 Å². The summed E-state index contributed by atoms with van der Waals surface area (Å²) in [4.78, 5) is 24.8. The molecule has 2 aliphatic heterocycles. The summed E-state index contributed by atoms with van der Waals surface area (Å²) in [6.45, 7) is 3.44. The lowest BCUT2D eigenvalue weighted by Crippen LogP contribution is -2.58. The fourth-order valence-electron chi connectivity index (χ4n) is 2.88. The molecule has 24 heavy (non-hydrogen) atoms. The van der Waals surface area contributed by atoms with Gasteiger partial charge in [0.1, 0.15) is 5.50 Å². The van der Waals surface area contributed by atoms with Crippen molar-refractivity contribution in [3.05, 3.63) is 52.4 Å². The van der Waals surface area contributed by atoms with Gasteiger partial charge in [0, 0.05) is 5.75 Å². The average molecular weight is 361 g/mol. The first-order valence-corrected chi connectivity index (χ1v) is 9.77. The lowest BCUT2D eigenvalue weighted by atomic mass is 9.97. The van der Waals surface area contributed by atoms with E-state index in [1.54, 1.807) is 18.7 Å². The van der Waals surface area contributed by atoms with E-state index in [2.05, 4.69) is 34.9 Å². The van der Waals surface area contributed by atoms with Crippen LogP contribution in [0.15, 0.2) is 46.9 Å². The first-order chi connectivity index (χ1) is 11.6. The van der Waals surface area contributed by atoms with Gasteiger partial charge < -0.3 is 5.32 Å². The van der Waals surface area contributed by atoms with Crippen LogP contribution >= 0.6 is 23.5 Å². The van der Waals surface area contributed by atoms with Crippen LogP contribution in [0, 0.1) is 5.92 Å². The highest BCUT2D eigenvalue weighted by atomic mass is 32.2. The number of ketones is 1. The zero-order valence-corrected chi connectivity index (χ0v) is 15.2. The Bertz CT molecular complexity index is 700. The molecule has 126 valence electrons. The number of hydrogen-bond donors (Lipinski definition) is 2. The Balaban J connectivity index is 1.55. The Kier molecular flexibility index (Phi) is 5.48. The molecule has 0 saturated carbocycles. The largest absolute Gasteiger partial charge is 0.331 e. The molecular weight excluding hydrogens is 340 g/mol. The molecule has 0 spiro atoms. The van der Waals surface area contributed by atoms with Gasteiger partial charge in [-0.1, -0.05) is 42.5 Å². The summed E-state index contributed by atoms with van der Waals surface area (Å²) < 4.78 is 0. The highest BCUT2D eigenvalue weighted by Gasteiger charge is 2.44. The molecule has 0 radical (unpaired) electrons. The fraction of sp³-hybridized carbons (Fsp3) is 0.333. The number of allylic oxidation sites excluding steroid dienone is 1. The summed E-state index contributed by atoms with van der Waals surface area (Å²) in [7, 11) is 0. The second-order valence-corrected chi connectivity index (χ2v) is 8.08. The zero-order valence-electron chi connectivity index (χ0n) is 13.6. The molecule has 1 amide bonds. The van der Waals surface area contributed by atoms with Gasteiger partial charge in [-0.05, 0) is 25.0 Å². The molecule has 0 bridgehead atoms. The van der Waals surface area contributed by atoms with Crippen molar-refractivity contribution in [3.63, 3.8) is 0 Å². The van der Waals surface area contributed by atoms with Crippen LogP contribution in [0.1, 0.15) is 19.4 Å². The third kappa shape index (κ3) is 3.77. The van der Waals surface area contributed by atoms with Crippen molar-refractivity contribution in [2.24, 2.45) is 5.92 Å². The molecule has 2 aliphatic rings. The summed E-state index contributed by atoms with van der Waals surface area (Å²) in [6.07, 6.45) is 4.16. The maximum Gasteiger partial charge on any atom is 0.231 e. The number of amides is 1. The minimum atomic E-state index is -0.245. The van der Waals surface area contributed by atoms with E-state index in [1.807, 2.05) is 25.1 Å². The summed E-state index contributed by atoms with van der Waals surface area (Å²) in [5.41, 5.74) is 1.91. The zero-order chi connectivity index (χ0) is 17.1. The van der Waals surface area contributed by atoms with Crippen LogP contribution in [-0.2, 0) is 9.59 Å². The van der Waals surface area contributed by atoms with Crippen molar-refractivity contribution in [1.29, 1.82) is 0 Å². The molecule has 3 rings (SSSR count). The number of carbonyl (C=O) groups is 2. The summed E-state index contributed by atoms with van der Waals surface area (Å²) in [5.74, 6) is 0.590. The lowest BCUT2D eigenvalue weighted by molar-refractivity contribution is -0.125. The molecule has 0 aliphatic carbocycles. The number of benzene rings is 1. The molecule has 3 unspecified atom stereocenters. The van der Waals surface area contributed by atoms with Crippen molar-refractivity contribution in [2.45, 2.75) is 24.7 Å². The Morgan fingerprint density at radius 3 is 2.79 bits per heavy atom. The van der Waals surface area contributed by atoms with Crippen molar-refractivity contribution < 1.29 is 9.59 Å². The molecule has 1 fully saturated rings. The number of fused-ring (bicyclic) bond motifs is 1. The van der Waals surface area contributed by atoms with Crippen molar-refractivity contribution in [1.82, 2.24) is 10.6 Å². The van der Waals surface area contributed by atoms with Crippen LogP contribution in [0.4, 0.5) is 0 Å². The topological polar surface area (TPSA) is 58.2 Å². The fourth-order valence-corrected chi connectivity index (χ4v) is 5.21. The van der Waals surface area contributed by atoms with Gasteiger partial charge in [-0.25, -0.2) is 0 Å². The molecule has 1 saturated heterocycles. The second kappa shape index (κ2) is 7.59. The van der Waals surface area contributed by atoms with Gasteiger partial charge in [0.15, 0.2) is 5.78 Å². The lowest BCUT2D eigenvalue weighted by Gasteiger charge is -2.33. The van der Waals surface area contributed by atoms with E-state index in [0.29, 0.717) is 0 Å². The molecule has 2 N–H and O–H groups in total. The molecule has 1 aromatic rings. The first kappa shape index (κ1) is 17.3. The number of hydrogen-bond acceptors (Lipinski definition) is 5. The molecule has 6 heteroatoms. The van der Waals surface area contributed by atoms with Gasteiger partial charge in [0.25, 0.3) is 0 Å². The van der Waals surface area contributed by atoms with Crippen LogP contribution < -0.4 is 10.6 Å². The monoisotopic (exact) mass is 360 g/mol. The number of carbonyl (C=O) groups excluding carboxylic acids is 2. The van der Waals surface area contributed by atoms with Crippen molar-refractivity contribution >= 4 is 41.3 Å².